The summed E-state index contributed by atoms with van der Waals surface area (Å²) in [6.45, 7) is 2.97. The summed E-state index contributed by atoms with van der Waals surface area (Å²) in [5.41, 5.74) is 1.61. The summed E-state index contributed by atoms with van der Waals surface area (Å²) in [5, 5.41) is 12.9. The smallest absolute Gasteiger partial charge is 0.295 e. The minimum absolute atomic E-state index is 0.138. The molecule has 1 saturated heterocycles. The summed E-state index contributed by atoms with van der Waals surface area (Å²) in [7, 11) is 5.39. The number of amides is 1. The van der Waals surface area contributed by atoms with Crippen molar-refractivity contribution >= 4 is 28.8 Å². The van der Waals surface area contributed by atoms with Gasteiger partial charge in [0.05, 0.1) is 18.7 Å². The number of ketones is 1. The predicted molar refractivity (Wildman–Crippen MR) is 110 cm³/mol. The number of aryl methyl sites for hydroxylation is 1. The van der Waals surface area contributed by atoms with Gasteiger partial charge in [0.15, 0.2) is 0 Å². The van der Waals surface area contributed by atoms with Crippen LogP contribution in [-0.4, -0.2) is 60.9 Å². The van der Waals surface area contributed by atoms with Crippen molar-refractivity contribution in [1.29, 1.82) is 0 Å². The van der Waals surface area contributed by atoms with E-state index < -0.39 is 17.7 Å². The van der Waals surface area contributed by atoms with E-state index in [2.05, 4.69) is 0 Å². The number of aliphatic hydroxyl groups excluding tert-OH is 1. The maximum atomic E-state index is 12.9. The number of thiophene rings is 1. The molecular formula is C21H24N2O4S. The van der Waals surface area contributed by atoms with Gasteiger partial charge >= 0.3 is 0 Å². The van der Waals surface area contributed by atoms with Crippen LogP contribution in [-0.2, 0) is 9.59 Å². The molecule has 0 bridgehead atoms. The SMILES string of the molecule is COc1ccc(/C(O)=C2/C(=O)C(=O)N(CCN(C)C)C2c2sccc2C)cc1. The maximum Gasteiger partial charge on any atom is 0.295 e. The molecular weight excluding hydrogens is 376 g/mol. The number of carbonyl (C=O) groups is 2. The Morgan fingerprint density at radius 3 is 2.43 bits per heavy atom. The average molecular weight is 401 g/mol. The van der Waals surface area contributed by atoms with E-state index in [0.29, 0.717) is 24.4 Å². The first-order valence-electron chi connectivity index (χ1n) is 8.96. The molecule has 1 amide bonds. The second kappa shape index (κ2) is 8.16. The standard InChI is InChI=1S/C21H24N2O4S/c1-13-9-12-28-20(13)17-16(18(24)14-5-7-15(27-4)8-6-14)19(25)21(26)23(17)11-10-22(2)3/h5-9,12,17,24H,10-11H2,1-4H3/b18-16-. The minimum Gasteiger partial charge on any atom is -0.507 e. The van der Waals surface area contributed by atoms with Gasteiger partial charge < -0.3 is 19.6 Å². The molecule has 2 heterocycles. The molecule has 0 aliphatic carbocycles. The van der Waals surface area contributed by atoms with Crippen LogP contribution in [0.25, 0.3) is 5.76 Å². The number of methoxy groups -OCH3 is 1. The number of rotatable bonds is 6. The molecule has 2 aromatic rings. The van der Waals surface area contributed by atoms with Crippen molar-refractivity contribution in [3.63, 3.8) is 0 Å². The Balaban J connectivity index is 2.11. The highest BCUT2D eigenvalue weighted by molar-refractivity contribution is 7.10. The highest BCUT2D eigenvalue weighted by atomic mass is 32.1. The Morgan fingerprint density at radius 2 is 1.89 bits per heavy atom. The van der Waals surface area contributed by atoms with E-state index >= 15 is 0 Å². The number of benzene rings is 1. The molecule has 1 aromatic carbocycles. The van der Waals surface area contributed by atoms with Crippen LogP contribution >= 0.6 is 11.3 Å². The van der Waals surface area contributed by atoms with Crippen LogP contribution in [0.4, 0.5) is 0 Å². The number of carbonyl (C=O) groups excluding carboxylic acids is 2. The van der Waals surface area contributed by atoms with Gasteiger partial charge in [0.25, 0.3) is 11.7 Å². The first-order valence-corrected chi connectivity index (χ1v) is 9.84. The molecule has 1 atom stereocenters. The molecule has 3 rings (SSSR count). The summed E-state index contributed by atoms with van der Waals surface area (Å²) in [6, 6.07) is 8.16. The highest BCUT2D eigenvalue weighted by Crippen LogP contribution is 2.42. The molecule has 1 aliphatic heterocycles. The number of Topliss-reactive ketones (excluding diaryl/α,β-unsaturated/α-hetero) is 1. The van der Waals surface area contributed by atoms with Crippen molar-refractivity contribution in [2.45, 2.75) is 13.0 Å². The molecule has 1 fully saturated rings. The normalized spacial score (nSPS) is 18.9. The van der Waals surface area contributed by atoms with Gasteiger partial charge in [0.1, 0.15) is 11.5 Å². The first-order chi connectivity index (χ1) is 13.3. The van der Waals surface area contributed by atoms with E-state index in [0.717, 1.165) is 10.4 Å². The third-order valence-corrected chi connectivity index (χ3v) is 5.91. The van der Waals surface area contributed by atoms with Crippen LogP contribution < -0.4 is 4.74 Å². The predicted octanol–water partition coefficient (Wildman–Crippen LogP) is 3.05. The molecule has 0 saturated carbocycles. The van der Waals surface area contributed by atoms with Crippen molar-refractivity contribution in [2.24, 2.45) is 0 Å². The van der Waals surface area contributed by atoms with Gasteiger partial charge in [-0.2, -0.15) is 0 Å². The fourth-order valence-electron chi connectivity index (χ4n) is 3.26. The molecule has 28 heavy (non-hydrogen) atoms. The summed E-state index contributed by atoms with van der Waals surface area (Å²) < 4.78 is 5.15. The first kappa shape index (κ1) is 20.1. The van der Waals surface area contributed by atoms with Crippen LogP contribution in [0.1, 0.15) is 22.0 Å². The topological polar surface area (TPSA) is 70.1 Å². The Morgan fingerprint density at radius 1 is 1.21 bits per heavy atom. The van der Waals surface area contributed by atoms with Crippen molar-refractivity contribution in [3.8, 4) is 5.75 Å². The van der Waals surface area contributed by atoms with Gasteiger partial charge in [0, 0.05) is 23.5 Å². The second-order valence-electron chi connectivity index (χ2n) is 6.99. The lowest BCUT2D eigenvalue weighted by atomic mass is 9.98. The van der Waals surface area contributed by atoms with Crippen LogP contribution in [0.15, 0.2) is 41.3 Å². The van der Waals surface area contributed by atoms with E-state index in [1.54, 1.807) is 36.3 Å². The lowest BCUT2D eigenvalue weighted by Gasteiger charge is -2.26. The Labute approximate surface area is 168 Å². The summed E-state index contributed by atoms with van der Waals surface area (Å²) in [5.74, 6) is -0.737. The minimum atomic E-state index is -0.648. The van der Waals surface area contributed by atoms with Crippen LogP contribution in [0.3, 0.4) is 0 Å². The van der Waals surface area contributed by atoms with Crippen molar-refractivity contribution in [2.75, 3.05) is 34.3 Å². The fraction of sp³-hybridized carbons (Fsp3) is 0.333. The molecule has 6 nitrogen and oxygen atoms in total. The van der Waals surface area contributed by atoms with Crippen LogP contribution in [0.5, 0.6) is 5.75 Å². The van der Waals surface area contributed by atoms with Gasteiger partial charge in [-0.25, -0.2) is 0 Å². The lowest BCUT2D eigenvalue weighted by molar-refractivity contribution is -0.140. The third-order valence-electron chi connectivity index (χ3n) is 4.84. The largest absolute Gasteiger partial charge is 0.507 e. The average Bonchev–Trinajstić information content (AvgIpc) is 3.21. The molecule has 0 spiro atoms. The Hall–Kier alpha value is -2.64. The van der Waals surface area contributed by atoms with Crippen LogP contribution in [0, 0.1) is 6.92 Å². The lowest BCUT2D eigenvalue weighted by Crippen LogP contribution is -2.35. The zero-order valence-electron chi connectivity index (χ0n) is 16.4. The summed E-state index contributed by atoms with van der Waals surface area (Å²) in [6.07, 6.45) is 0. The van der Waals surface area contributed by atoms with Gasteiger partial charge in [0.2, 0.25) is 0 Å². The van der Waals surface area contributed by atoms with E-state index in [9.17, 15) is 14.7 Å². The zero-order valence-corrected chi connectivity index (χ0v) is 17.2. The Bertz CT molecular complexity index is 915. The molecule has 0 radical (unpaired) electrons. The van der Waals surface area contributed by atoms with E-state index in [-0.39, 0.29) is 11.3 Å². The fourth-order valence-corrected chi connectivity index (χ4v) is 4.31. The second-order valence-corrected chi connectivity index (χ2v) is 7.94. The Kier molecular flexibility index (Phi) is 5.86. The molecule has 1 aliphatic rings. The van der Waals surface area contributed by atoms with Crippen molar-refractivity contribution < 1.29 is 19.4 Å². The van der Waals surface area contributed by atoms with Crippen molar-refractivity contribution in [1.82, 2.24) is 9.80 Å². The van der Waals surface area contributed by atoms with Gasteiger partial charge in [-0.1, -0.05) is 0 Å². The van der Waals surface area contributed by atoms with Gasteiger partial charge in [-0.15, -0.1) is 11.3 Å². The van der Waals surface area contributed by atoms with E-state index in [1.807, 2.05) is 37.4 Å². The number of likely N-dealkylation sites (N-methyl/N-ethyl adjacent to an activating group) is 1. The molecule has 1 aromatic heterocycles. The molecule has 1 unspecified atom stereocenters. The molecule has 7 heteroatoms. The number of ether oxygens (including phenoxy) is 1. The number of likely N-dealkylation sites (tertiary alicyclic amines) is 1. The number of aliphatic hydroxyl groups is 1. The zero-order chi connectivity index (χ0) is 20.4. The maximum absolute atomic E-state index is 12.9. The third kappa shape index (κ3) is 3.68. The van der Waals surface area contributed by atoms with Gasteiger partial charge in [-0.3, -0.25) is 9.59 Å². The molecule has 148 valence electrons. The summed E-state index contributed by atoms with van der Waals surface area (Å²) >= 11 is 1.49. The van der Waals surface area contributed by atoms with Gasteiger partial charge in [-0.05, 0) is 62.3 Å². The van der Waals surface area contributed by atoms with Crippen molar-refractivity contribution in [3.05, 3.63) is 57.3 Å². The van der Waals surface area contributed by atoms with Crippen LogP contribution in [0.2, 0.25) is 0 Å². The summed E-state index contributed by atoms with van der Waals surface area (Å²) in [4.78, 5) is 30.1. The number of hydrogen-bond donors (Lipinski definition) is 1. The van der Waals surface area contributed by atoms with E-state index in [1.165, 1.54) is 11.3 Å². The van der Waals surface area contributed by atoms with E-state index in [4.69, 9.17) is 4.74 Å². The molecule has 1 N–H and O–H groups in total. The number of hydrogen-bond acceptors (Lipinski definition) is 6. The monoisotopic (exact) mass is 400 g/mol. The number of nitrogens with zero attached hydrogens (tertiary/aromatic N) is 2. The quantitative estimate of drug-likeness (QED) is 0.459. The highest BCUT2D eigenvalue weighted by Gasteiger charge is 2.46.